The SMILES string of the molecule is Cc1nc2c(c(Sc3nnnn3CC3CCCO3)n1)CCCC2. The van der Waals surface area contributed by atoms with Gasteiger partial charge in [0.2, 0.25) is 5.16 Å². The highest BCUT2D eigenvalue weighted by molar-refractivity contribution is 7.99. The van der Waals surface area contributed by atoms with Crippen LogP contribution in [0.15, 0.2) is 10.2 Å². The van der Waals surface area contributed by atoms with E-state index < -0.39 is 0 Å². The Balaban J connectivity index is 1.59. The Labute approximate surface area is 139 Å². The maximum atomic E-state index is 5.69. The molecule has 0 aromatic carbocycles. The lowest BCUT2D eigenvalue weighted by Crippen LogP contribution is -2.17. The average molecular weight is 332 g/mol. The maximum Gasteiger partial charge on any atom is 0.215 e. The van der Waals surface area contributed by atoms with Gasteiger partial charge in [-0.05, 0) is 67.6 Å². The maximum absolute atomic E-state index is 5.69. The van der Waals surface area contributed by atoms with Crippen molar-refractivity contribution in [1.82, 2.24) is 30.2 Å². The van der Waals surface area contributed by atoms with Crippen LogP contribution in [0.4, 0.5) is 0 Å². The van der Waals surface area contributed by atoms with Crippen molar-refractivity contribution in [1.29, 1.82) is 0 Å². The van der Waals surface area contributed by atoms with E-state index in [1.807, 2.05) is 11.6 Å². The minimum atomic E-state index is 0.221. The molecule has 2 aromatic rings. The second kappa shape index (κ2) is 6.52. The van der Waals surface area contributed by atoms with Gasteiger partial charge in [-0.25, -0.2) is 14.6 Å². The van der Waals surface area contributed by atoms with E-state index in [0.717, 1.165) is 48.3 Å². The normalized spacial score (nSPS) is 20.7. The van der Waals surface area contributed by atoms with Crippen LogP contribution in [0.3, 0.4) is 0 Å². The molecule has 2 aromatic heterocycles. The summed E-state index contributed by atoms with van der Waals surface area (Å²) in [7, 11) is 0. The molecule has 8 heteroatoms. The van der Waals surface area contributed by atoms with Gasteiger partial charge in [0.25, 0.3) is 0 Å². The molecule has 1 aliphatic heterocycles. The number of ether oxygens (including phenoxy) is 1. The van der Waals surface area contributed by atoms with E-state index >= 15 is 0 Å². The number of aryl methyl sites for hydroxylation is 2. The Morgan fingerprint density at radius 3 is 3.00 bits per heavy atom. The third-order valence-electron chi connectivity index (χ3n) is 4.34. The van der Waals surface area contributed by atoms with E-state index in [1.165, 1.54) is 24.1 Å². The molecule has 7 nitrogen and oxygen atoms in total. The quantitative estimate of drug-likeness (QED) is 0.792. The van der Waals surface area contributed by atoms with E-state index in [1.54, 1.807) is 11.8 Å². The van der Waals surface area contributed by atoms with E-state index in [9.17, 15) is 0 Å². The van der Waals surface area contributed by atoms with Gasteiger partial charge in [0.15, 0.2) is 0 Å². The Bertz CT molecular complexity index is 697. The van der Waals surface area contributed by atoms with E-state index in [0.29, 0.717) is 6.54 Å². The molecule has 0 amide bonds. The molecule has 1 aliphatic carbocycles. The van der Waals surface area contributed by atoms with Crippen LogP contribution < -0.4 is 0 Å². The molecule has 1 saturated heterocycles. The van der Waals surface area contributed by atoms with Gasteiger partial charge in [-0.15, -0.1) is 5.10 Å². The number of hydrogen-bond acceptors (Lipinski definition) is 7. The number of rotatable bonds is 4. The minimum Gasteiger partial charge on any atom is -0.376 e. The van der Waals surface area contributed by atoms with Gasteiger partial charge in [0.1, 0.15) is 10.9 Å². The van der Waals surface area contributed by atoms with Gasteiger partial charge in [0, 0.05) is 17.9 Å². The highest BCUT2D eigenvalue weighted by Crippen LogP contribution is 2.32. The lowest BCUT2D eigenvalue weighted by molar-refractivity contribution is 0.0912. The third kappa shape index (κ3) is 3.23. The standard InChI is InChI=1S/C15H20N6OS/c1-10-16-13-7-3-2-6-12(13)14(17-10)23-15-18-19-20-21(15)9-11-5-4-8-22-11/h11H,2-9H2,1H3. The van der Waals surface area contributed by atoms with Gasteiger partial charge < -0.3 is 4.74 Å². The summed E-state index contributed by atoms with van der Waals surface area (Å²) in [6.45, 7) is 3.50. The van der Waals surface area contributed by atoms with Crippen molar-refractivity contribution in [2.24, 2.45) is 0 Å². The predicted molar refractivity (Wildman–Crippen MR) is 84.3 cm³/mol. The van der Waals surface area contributed by atoms with E-state index in [4.69, 9.17) is 4.74 Å². The Morgan fingerprint density at radius 1 is 1.22 bits per heavy atom. The highest BCUT2D eigenvalue weighted by atomic mass is 32.2. The summed E-state index contributed by atoms with van der Waals surface area (Å²) in [6, 6.07) is 0. The highest BCUT2D eigenvalue weighted by Gasteiger charge is 2.22. The second-order valence-corrected chi connectivity index (χ2v) is 7.04. The van der Waals surface area contributed by atoms with Gasteiger partial charge in [-0.3, -0.25) is 0 Å². The first-order valence-electron chi connectivity index (χ1n) is 8.21. The van der Waals surface area contributed by atoms with E-state index in [2.05, 4.69) is 25.5 Å². The second-order valence-electron chi connectivity index (χ2n) is 6.09. The molecular weight excluding hydrogens is 312 g/mol. The lowest BCUT2D eigenvalue weighted by atomic mass is 9.97. The monoisotopic (exact) mass is 332 g/mol. The van der Waals surface area contributed by atoms with Crippen molar-refractivity contribution in [2.45, 2.75) is 68.3 Å². The van der Waals surface area contributed by atoms with Crippen molar-refractivity contribution < 1.29 is 4.74 Å². The zero-order valence-corrected chi connectivity index (χ0v) is 14.1. The predicted octanol–water partition coefficient (Wildman–Crippen LogP) is 1.98. The molecule has 0 bridgehead atoms. The summed E-state index contributed by atoms with van der Waals surface area (Å²) in [5.74, 6) is 0.825. The van der Waals surface area contributed by atoms with Crippen LogP contribution >= 0.6 is 11.8 Å². The number of hydrogen-bond donors (Lipinski definition) is 0. The molecule has 23 heavy (non-hydrogen) atoms. The van der Waals surface area contributed by atoms with Gasteiger partial charge >= 0.3 is 0 Å². The molecule has 0 N–H and O–H groups in total. The number of aromatic nitrogens is 6. The Hall–Kier alpha value is -1.54. The zero-order valence-electron chi connectivity index (χ0n) is 13.2. The van der Waals surface area contributed by atoms with Crippen molar-refractivity contribution >= 4 is 11.8 Å². The molecule has 0 saturated carbocycles. The summed E-state index contributed by atoms with van der Waals surface area (Å²) in [5, 5.41) is 13.9. The van der Waals surface area contributed by atoms with Gasteiger partial charge in [-0.2, -0.15) is 0 Å². The summed E-state index contributed by atoms with van der Waals surface area (Å²) in [4.78, 5) is 9.25. The van der Waals surface area contributed by atoms with Crippen LogP contribution in [0.1, 0.15) is 42.8 Å². The van der Waals surface area contributed by atoms with Crippen molar-refractivity contribution in [3.8, 4) is 0 Å². The molecule has 3 heterocycles. The number of nitrogens with zero attached hydrogens (tertiary/aromatic N) is 6. The van der Waals surface area contributed by atoms with Gasteiger partial charge in [-0.1, -0.05) is 0 Å². The van der Waals surface area contributed by atoms with Crippen molar-refractivity contribution in [3.63, 3.8) is 0 Å². The molecule has 122 valence electrons. The molecule has 1 atom stereocenters. The van der Waals surface area contributed by atoms with Crippen LogP contribution in [-0.4, -0.2) is 42.9 Å². The molecule has 1 fully saturated rings. The van der Waals surface area contributed by atoms with Crippen LogP contribution in [0.5, 0.6) is 0 Å². The lowest BCUT2D eigenvalue weighted by Gasteiger charge is -2.18. The Kier molecular flexibility index (Phi) is 4.26. The van der Waals surface area contributed by atoms with Crippen LogP contribution in [0, 0.1) is 6.92 Å². The number of tetrazole rings is 1. The first kappa shape index (κ1) is 15.0. The van der Waals surface area contributed by atoms with Crippen molar-refractivity contribution in [2.75, 3.05) is 6.61 Å². The summed E-state index contributed by atoms with van der Waals surface area (Å²) < 4.78 is 7.53. The Morgan fingerprint density at radius 2 is 2.13 bits per heavy atom. The molecule has 2 aliphatic rings. The smallest absolute Gasteiger partial charge is 0.215 e. The largest absolute Gasteiger partial charge is 0.376 e. The fourth-order valence-electron chi connectivity index (χ4n) is 3.21. The number of fused-ring (bicyclic) bond motifs is 1. The topological polar surface area (TPSA) is 78.6 Å². The van der Waals surface area contributed by atoms with Gasteiger partial charge in [0.05, 0.1) is 12.6 Å². The first-order chi connectivity index (χ1) is 11.3. The van der Waals surface area contributed by atoms with Crippen molar-refractivity contribution in [3.05, 3.63) is 17.1 Å². The van der Waals surface area contributed by atoms with Crippen LogP contribution in [-0.2, 0) is 24.1 Å². The minimum absolute atomic E-state index is 0.221. The van der Waals surface area contributed by atoms with E-state index in [-0.39, 0.29) is 6.10 Å². The fraction of sp³-hybridized carbons (Fsp3) is 0.667. The summed E-state index contributed by atoms with van der Waals surface area (Å²) in [5.41, 5.74) is 2.47. The molecule has 0 radical (unpaired) electrons. The average Bonchev–Trinajstić information content (AvgIpc) is 3.20. The molecular formula is C15H20N6OS. The zero-order chi connectivity index (χ0) is 15.6. The first-order valence-corrected chi connectivity index (χ1v) is 9.03. The third-order valence-corrected chi connectivity index (χ3v) is 5.35. The fourth-order valence-corrected chi connectivity index (χ4v) is 4.20. The van der Waals surface area contributed by atoms with Crippen LogP contribution in [0.2, 0.25) is 0 Å². The summed E-state index contributed by atoms with van der Waals surface area (Å²) >= 11 is 1.55. The molecule has 4 rings (SSSR count). The molecule has 0 spiro atoms. The molecule has 1 unspecified atom stereocenters. The van der Waals surface area contributed by atoms with Crippen LogP contribution in [0.25, 0.3) is 0 Å². The summed E-state index contributed by atoms with van der Waals surface area (Å²) in [6.07, 6.45) is 6.93.